The third-order valence-electron chi connectivity index (χ3n) is 3.06. The van der Waals surface area contributed by atoms with Crippen LogP contribution in [0.3, 0.4) is 0 Å². The zero-order chi connectivity index (χ0) is 14.5. The Kier molecular flexibility index (Phi) is 10.1. The van der Waals surface area contributed by atoms with Crippen LogP contribution in [0.15, 0.2) is 24.3 Å². The average molecular weight is 281 g/mol. The molecule has 1 aromatic rings. The molecule has 0 saturated heterocycles. The smallest absolute Gasteiger partial charge is 0.0701 e. The number of ether oxygens (including phenoxy) is 3. The summed E-state index contributed by atoms with van der Waals surface area (Å²) in [6.07, 6.45) is 1.06. The molecule has 1 aromatic carbocycles. The molecule has 20 heavy (non-hydrogen) atoms. The van der Waals surface area contributed by atoms with Crippen molar-refractivity contribution in [1.82, 2.24) is 5.32 Å². The van der Waals surface area contributed by atoms with E-state index in [1.165, 1.54) is 11.1 Å². The summed E-state index contributed by atoms with van der Waals surface area (Å²) in [5.74, 6) is 0. The van der Waals surface area contributed by atoms with Crippen molar-refractivity contribution in [3.05, 3.63) is 35.4 Å². The van der Waals surface area contributed by atoms with E-state index in [-0.39, 0.29) is 0 Å². The van der Waals surface area contributed by atoms with E-state index in [1.807, 2.05) is 0 Å². The number of benzene rings is 1. The van der Waals surface area contributed by atoms with Gasteiger partial charge >= 0.3 is 0 Å². The molecule has 0 spiro atoms. The second-order valence-electron chi connectivity index (χ2n) is 4.64. The zero-order valence-corrected chi connectivity index (χ0v) is 12.7. The lowest BCUT2D eigenvalue weighted by molar-refractivity contribution is 0.0256. The molecule has 0 saturated carbocycles. The van der Waals surface area contributed by atoms with Crippen molar-refractivity contribution < 1.29 is 14.2 Å². The van der Waals surface area contributed by atoms with Crippen LogP contribution in [0.25, 0.3) is 0 Å². The number of hydrogen-bond acceptors (Lipinski definition) is 4. The molecule has 1 N–H and O–H groups in total. The fourth-order valence-electron chi connectivity index (χ4n) is 1.85. The van der Waals surface area contributed by atoms with Gasteiger partial charge in [-0.1, -0.05) is 24.3 Å². The second kappa shape index (κ2) is 11.9. The van der Waals surface area contributed by atoms with Crippen molar-refractivity contribution in [2.45, 2.75) is 13.3 Å². The Morgan fingerprint density at radius 2 is 1.60 bits per heavy atom. The van der Waals surface area contributed by atoms with Gasteiger partial charge < -0.3 is 19.5 Å². The normalized spacial score (nSPS) is 10.9. The molecule has 0 atom stereocenters. The molecule has 0 aromatic heterocycles. The minimum Gasteiger partial charge on any atom is -0.382 e. The topological polar surface area (TPSA) is 39.7 Å². The monoisotopic (exact) mass is 281 g/mol. The molecule has 0 amide bonds. The van der Waals surface area contributed by atoms with Crippen LogP contribution in [-0.4, -0.2) is 53.2 Å². The SMILES string of the molecule is COCCOCCOCCNCCc1ccccc1C. The quantitative estimate of drug-likeness (QED) is 0.593. The Hall–Kier alpha value is -0.940. The number of methoxy groups -OCH3 is 1. The standard InChI is InChI=1S/C16H27NO3/c1-15-5-3-4-6-16(15)7-8-17-9-10-19-13-14-20-12-11-18-2/h3-6,17H,7-14H2,1-2H3. The Labute approximate surface area is 122 Å². The molecule has 0 fully saturated rings. The maximum atomic E-state index is 5.46. The van der Waals surface area contributed by atoms with Gasteiger partial charge in [0.25, 0.3) is 0 Å². The van der Waals surface area contributed by atoms with Gasteiger partial charge in [0.15, 0.2) is 0 Å². The van der Waals surface area contributed by atoms with Crippen LogP contribution in [0.1, 0.15) is 11.1 Å². The highest BCUT2D eigenvalue weighted by Crippen LogP contribution is 2.06. The molecule has 0 aliphatic rings. The van der Waals surface area contributed by atoms with Crippen molar-refractivity contribution in [3.8, 4) is 0 Å². The summed E-state index contributed by atoms with van der Waals surface area (Å²) >= 11 is 0. The summed E-state index contributed by atoms with van der Waals surface area (Å²) in [5.41, 5.74) is 2.77. The van der Waals surface area contributed by atoms with E-state index >= 15 is 0 Å². The van der Waals surface area contributed by atoms with Gasteiger partial charge in [-0.2, -0.15) is 0 Å². The molecule has 0 unspecified atom stereocenters. The summed E-state index contributed by atoms with van der Waals surface area (Å²) in [4.78, 5) is 0. The first-order valence-corrected chi connectivity index (χ1v) is 7.24. The molecule has 0 radical (unpaired) electrons. The fraction of sp³-hybridized carbons (Fsp3) is 0.625. The number of nitrogens with one attached hydrogen (secondary N) is 1. The van der Waals surface area contributed by atoms with E-state index in [9.17, 15) is 0 Å². The minimum absolute atomic E-state index is 0.632. The van der Waals surface area contributed by atoms with Gasteiger partial charge in [-0.15, -0.1) is 0 Å². The second-order valence-corrected chi connectivity index (χ2v) is 4.64. The molecule has 114 valence electrons. The van der Waals surface area contributed by atoms with Gasteiger partial charge in [-0.3, -0.25) is 0 Å². The minimum atomic E-state index is 0.632. The van der Waals surface area contributed by atoms with E-state index in [0.717, 1.165) is 26.1 Å². The van der Waals surface area contributed by atoms with Crippen LogP contribution in [0, 0.1) is 6.92 Å². The number of hydrogen-bond donors (Lipinski definition) is 1. The molecule has 0 aliphatic carbocycles. The Bertz CT molecular complexity index is 344. The van der Waals surface area contributed by atoms with Gasteiger partial charge in [-0.05, 0) is 31.0 Å². The number of aryl methyl sites for hydroxylation is 1. The van der Waals surface area contributed by atoms with Crippen molar-refractivity contribution in [2.24, 2.45) is 0 Å². The van der Waals surface area contributed by atoms with Crippen LogP contribution in [-0.2, 0) is 20.6 Å². The predicted molar refractivity (Wildman–Crippen MR) is 81.3 cm³/mol. The highest BCUT2D eigenvalue weighted by molar-refractivity contribution is 5.25. The third-order valence-corrected chi connectivity index (χ3v) is 3.06. The first-order chi connectivity index (χ1) is 9.84. The van der Waals surface area contributed by atoms with Gasteiger partial charge in [0.2, 0.25) is 0 Å². The van der Waals surface area contributed by atoms with E-state index < -0.39 is 0 Å². The van der Waals surface area contributed by atoms with E-state index in [0.29, 0.717) is 26.4 Å². The summed E-state index contributed by atoms with van der Waals surface area (Å²) in [6, 6.07) is 8.51. The number of rotatable bonds is 12. The van der Waals surface area contributed by atoms with Crippen molar-refractivity contribution in [3.63, 3.8) is 0 Å². The summed E-state index contributed by atoms with van der Waals surface area (Å²) in [7, 11) is 1.67. The zero-order valence-electron chi connectivity index (χ0n) is 12.7. The van der Waals surface area contributed by atoms with Crippen LogP contribution in [0.4, 0.5) is 0 Å². The third kappa shape index (κ3) is 8.27. The maximum absolute atomic E-state index is 5.46. The van der Waals surface area contributed by atoms with Crippen LogP contribution in [0.5, 0.6) is 0 Å². The summed E-state index contributed by atoms with van der Waals surface area (Å²) < 4.78 is 15.6. The van der Waals surface area contributed by atoms with Crippen LogP contribution in [0.2, 0.25) is 0 Å². The van der Waals surface area contributed by atoms with Crippen LogP contribution >= 0.6 is 0 Å². The van der Waals surface area contributed by atoms with Gasteiger partial charge in [0.1, 0.15) is 0 Å². The molecule has 1 rings (SSSR count). The van der Waals surface area contributed by atoms with Crippen LogP contribution < -0.4 is 5.32 Å². The molecule has 0 aliphatic heterocycles. The van der Waals surface area contributed by atoms with E-state index in [2.05, 4.69) is 36.5 Å². The first kappa shape index (κ1) is 17.1. The largest absolute Gasteiger partial charge is 0.382 e. The molecular formula is C16H27NO3. The molecule has 4 heteroatoms. The summed E-state index contributed by atoms with van der Waals surface area (Å²) in [6.45, 7) is 7.29. The average Bonchev–Trinajstić information content (AvgIpc) is 2.46. The lowest BCUT2D eigenvalue weighted by atomic mass is 10.1. The Morgan fingerprint density at radius 3 is 2.35 bits per heavy atom. The van der Waals surface area contributed by atoms with Gasteiger partial charge in [0.05, 0.1) is 33.0 Å². The molecular weight excluding hydrogens is 254 g/mol. The van der Waals surface area contributed by atoms with Crippen molar-refractivity contribution >= 4 is 0 Å². The van der Waals surface area contributed by atoms with E-state index in [1.54, 1.807) is 7.11 Å². The van der Waals surface area contributed by atoms with Gasteiger partial charge in [0, 0.05) is 13.7 Å². The lowest BCUT2D eigenvalue weighted by Crippen LogP contribution is -2.23. The highest BCUT2D eigenvalue weighted by Gasteiger charge is 1.96. The Balaban J connectivity index is 1.87. The van der Waals surface area contributed by atoms with Crippen molar-refractivity contribution in [1.29, 1.82) is 0 Å². The predicted octanol–water partition coefficient (Wildman–Crippen LogP) is 1.81. The molecule has 4 nitrogen and oxygen atoms in total. The Morgan fingerprint density at radius 1 is 0.900 bits per heavy atom. The van der Waals surface area contributed by atoms with Crippen molar-refractivity contribution in [2.75, 3.05) is 53.2 Å². The fourth-order valence-corrected chi connectivity index (χ4v) is 1.85. The highest BCUT2D eigenvalue weighted by atomic mass is 16.5. The van der Waals surface area contributed by atoms with E-state index in [4.69, 9.17) is 14.2 Å². The molecule has 0 heterocycles. The summed E-state index contributed by atoms with van der Waals surface area (Å²) in [5, 5.41) is 3.39. The molecule has 0 bridgehead atoms. The lowest BCUT2D eigenvalue weighted by Gasteiger charge is -2.08. The first-order valence-electron chi connectivity index (χ1n) is 7.24. The van der Waals surface area contributed by atoms with Gasteiger partial charge in [-0.25, -0.2) is 0 Å². The maximum Gasteiger partial charge on any atom is 0.0701 e.